The summed E-state index contributed by atoms with van der Waals surface area (Å²) in [5, 5.41) is 131. The monoisotopic (exact) mass is 1170 g/mol. The summed E-state index contributed by atoms with van der Waals surface area (Å²) >= 11 is 0. The number of ether oxygens (including phenoxy) is 10. The lowest BCUT2D eigenvalue weighted by Gasteiger charge is -2.71. The van der Waals surface area contributed by atoms with Gasteiger partial charge >= 0.3 is 17.9 Å². The third kappa shape index (κ3) is 10.2. The minimum atomic E-state index is -1.97. The molecule has 5 aliphatic carbocycles. The van der Waals surface area contributed by atoms with Crippen LogP contribution in [0.2, 0.25) is 0 Å². The Morgan fingerprint density at radius 3 is 1.83 bits per heavy atom. The van der Waals surface area contributed by atoms with E-state index in [0.29, 0.717) is 51.4 Å². The number of carbonyl (C=O) groups excluding carboxylic acids is 3. The Kier molecular flexibility index (Phi) is 17.7. The first-order chi connectivity index (χ1) is 38.3. The quantitative estimate of drug-likeness (QED) is 0.0337. The van der Waals surface area contributed by atoms with Crippen LogP contribution in [-0.2, 0) is 66.5 Å². The molecule has 8 fully saturated rings. The molecule has 82 heavy (non-hydrogen) atoms. The van der Waals surface area contributed by atoms with E-state index >= 15 is 4.79 Å². The molecule has 0 aromatic rings. The Hall–Kier alpha value is -3.10. The predicted octanol–water partition coefficient (Wildman–Crippen LogP) is -1.24. The van der Waals surface area contributed by atoms with Crippen molar-refractivity contribution < 1.29 is 128 Å². The van der Waals surface area contributed by atoms with Crippen LogP contribution in [0.1, 0.15) is 120 Å². The molecule has 26 nitrogen and oxygen atoms in total. The highest BCUT2D eigenvalue weighted by Crippen LogP contribution is 2.76. The maximum absolute atomic E-state index is 15.6. The Morgan fingerprint density at radius 2 is 1.20 bits per heavy atom. The Labute approximate surface area is 474 Å². The second kappa shape index (κ2) is 22.9. The molecule has 0 aromatic carbocycles. The van der Waals surface area contributed by atoms with Crippen LogP contribution in [0, 0.1) is 50.2 Å². The zero-order chi connectivity index (χ0) is 60.3. The highest BCUT2D eigenvalue weighted by molar-refractivity contribution is 5.79. The molecule has 0 amide bonds. The number of carboxylic acid groups (broad SMARTS) is 1. The summed E-state index contributed by atoms with van der Waals surface area (Å²) in [6.45, 7) is 15.5. The Morgan fingerprint density at radius 1 is 0.622 bits per heavy atom. The largest absolute Gasteiger partial charge is 0.481 e. The number of aliphatic hydroxyl groups excluding tert-OH is 11. The Bertz CT molecular complexity index is 2390. The zero-order valence-corrected chi connectivity index (χ0v) is 47.7. The van der Waals surface area contributed by atoms with Crippen LogP contribution < -0.4 is 0 Å². The summed E-state index contributed by atoms with van der Waals surface area (Å²) in [6.07, 6.45) is -30.5. The van der Waals surface area contributed by atoms with Crippen LogP contribution in [0.4, 0.5) is 0 Å². The predicted molar refractivity (Wildman–Crippen MR) is 273 cm³/mol. The van der Waals surface area contributed by atoms with Gasteiger partial charge in [-0.2, -0.15) is 0 Å². The molecule has 9 rings (SSSR count). The number of allylic oxidation sites excluding steroid dienone is 2. The van der Waals surface area contributed by atoms with Gasteiger partial charge in [0.25, 0.3) is 6.47 Å². The maximum Gasteiger partial charge on any atom is 0.315 e. The molecule has 0 bridgehead atoms. The summed E-state index contributed by atoms with van der Waals surface area (Å²) in [5.41, 5.74) is -4.11. The number of carbonyl (C=O) groups is 4. The lowest BCUT2D eigenvalue weighted by atomic mass is 9.33. The number of esters is 2. The summed E-state index contributed by atoms with van der Waals surface area (Å²) in [7, 11) is 0. The highest BCUT2D eigenvalue weighted by atomic mass is 16.8. The van der Waals surface area contributed by atoms with Gasteiger partial charge in [-0.15, -0.1) is 0 Å². The van der Waals surface area contributed by atoms with Crippen molar-refractivity contribution in [3.8, 4) is 0 Å². The van der Waals surface area contributed by atoms with Gasteiger partial charge in [0.15, 0.2) is 31.1 Å². The molecule has 0 spiro atoms. The molecule has 4 aliphatic heterocycles. The van der Waals surface area contributed by atoms with E-state index < -0.39 is 199 Å². The average Bonchev–Trinajstić information content (AvgIpc) is 0.791. The summed E-state index contributed by atoms with van der Waals surface area (Å²) in [4.78, 5) is 52.9. The number of hydrogen-bond acceptors (Lipinski definition) is 25. The van der Waals surface area contributed by atoms with Gasteiger partial charge in [-0.05, 0) is 118 Å². The molecular weight excluding hydrogens is 1090 g/mol. The van der Waals surface area contributed by atoms with E-state index in [1.165, 1.54) is 20.8 Å². The summed E-state index contributed by atoms with van der Waals surface area (Å²) in [6, 6.07) is 0. The second-order valence-corrected chi connectivity index (χ2v) is 26.6. The molecule has 4 saturated carbocycles. The van der Waals surface area contributed by atoms with Crippen LogP contribution in [0.3, 0.4) is 0 Å². The molecule has 4 saturated heterocycles. The van der Waals surface area contributed by atoms with E-state index in [1.54, 1.807) is 0 Å². The standard InChI is InChI=1S/C56H86O26/c1-22-40(78-46-36(66)32(62)31(61)28(20-57)77-46)34(64)38(68)45(74-22)79-42-39(69)41(76-24(3)59)23(2)75-48(42)82-50(72)56-16-14-51(4,5)18-26(56)25-10-11-29-52(6)19-27(60)43(80-47-37(67)33(63)35(65)44(81-47)73-21-58)55(9,49(70)71)30(52)12-13-54(29,8)53(25,7)15-17-56/h10,21-23,26-48,57,60-69H,11-20H2,1-9H3,(H,70,71)/t22?,23?,26-,27-,28?,29+,30+,31+,32-,33-,34+,35-,36?,37?,38?,39?,40-,41-,42+,43-,44?,45-,46-,47+,48-,52+,53+,54+,55-,56-/m0/s1. The number of fused-ring (bicyclic) bond motifs is 7. The number of aliphatic hydroxyl groups is 11. The third-order valence-corrected chi connectivity index (χ3v) is 21.6. The van der Waals surface area contributed by atoms with Crippen molar-refractivity contribution >= 4 is 24.4 Å². The third-order valence-electron chi connectivity index (χ3n) is 21.6. The SMILES string of the molecule is CC(=O)O[C@H]1C(C)O[C@@H](OC(=O)[C@]23CCC(C)(C)C[C@H]2C2=CC[C@@H]4[C@@]5(C)C[C@H](O)[C@H](O[C@@H]6OC(OC=O)[C@@H](O)[C@H](O)C6O)[C@@](C)(C(=O)O)[C@@H]5CC[C@@]4(C)[C@]2(C)CC3)[C@H](O[C@@H]2OC(C)[C@H](O[C@@H]3OC(CO)[C@@H](O)[C@H](O)C3O)[C@H](O)C2O)C1O. The van der Waals surface area contributed by atoms with Crippen LogP contribution >= 0.6 is 0 Å². The smallest absolute Gasteiger partial charge is 0.315 e. The van der Waals surface area contributed by atoms with Crippen molar-refractivity contribution in [1.82, 2.24) is 0 Å². The van der Waals surface area contributed by atoms with E-state index in [0.717, 1.165) is 12.5 Å². The van der Waals surface area contributed by atoms with Gasteiger partial charge in [-0.25, -0.2) is 0 Å². The molecule has 26 heteroatoms. The van der Waals surface area contributed by atoms with Crippen molar-refractivity contribution in [2.75, 3.05) is 6.61 Å². The first kappa shape index (κ1) is 63.4. The van der Waals surface area contributed by atoms with E-state index in [4.69, 9.17) is 47.4 Å². The van der Waals surface area contributed by atoms with Gasteiger partial charge < -0.3 is 109 Å². The molecule has 30 atom stereocenters. The van der Waals surface area contributed by atoms with E-state index in [2.05, 4.69) is 33.8 Å². The first-order valence-electron chi connectivity index (χ1n) is 28.7. The van der Waals surface area contributed by atoms with Crippen molar-refractivity contribution in [3.05, 3.63) is 11.6 Å². The van der Waals surface area contributed by atoms with Crippen LogP contribution in [-0.4, -0.2) is 227 Å². The van der Waals surface area contributed by atoms with Crippen molar-refractivity contribution in [3.63, 3.8) is 0 Å². The maximum atomic E-state index is 15.6. The second-order valence-electron chi connectivity index (χ2n) is 26.6. The van der Waals surface area contributed by atoms with Gasteiger partial charge in [-0.3, -0.25) is 19.2 Å². The average molecular weight is 1180 g/mol. The zero-order valence-electron chi connectivity index (χ0n) is 47.7. The van der Waals surface area contributed by atoms with E-state index in [-0.39, 0.29) is 24.2 Å². The molecule has 9 aliphatic rings. The molecule has 466 valence electrons. The van der Waals surface area contributed by atoms with E-state index in [9.17, 15) is 75.7 Å². The minimum Gasteiger partial charge on any atom is -0.481 e. The number of rotatable bonds is 13. The molecule has 0 aromatic heterocycles. The van der Waals surface area contributed by atoms with Crippen LogP contribution in [0.25, 0.3) is 0 Å². The van der Waals surface area contributed by atoms with E-state index in [1.807, 2.05) is 6.92 Å². The van der Waals surface area contributed by atoms with Crippen molar-refractivity contribution in [1.29, 1.82) is 0 Å². The Balaban J connectivity index is 0.978. The minimum absolute atomic E-state index is 0.0191. The lowest BCUT2D eigenvalue weighted by molar-refractivity contribution is -0.378. The fraction of sp³-hybridized carbons (Fsp3) is 0.893. The lowest BCUT2D eigenvalue weighted by Crippen LogP contribution is -2.70. The fourth-order valence-corrected chi connectivity index (χ4v) is 16.8. The summed E-state index contributed by atoms with van der Waals surface area (Å²) in [5.74, 6) is -3.92. The van der Waals surface area contributed by atoms with Gasteiger partial charge in [0.1, 0.15) is 73.2 Å². The van der Waals surface area contributed by atoms with Crippen LogP contribution in [0.5, 0.6) is 0 Å². The highest BCUT2D eigenvalue weighted by Gasteiger charge is 2.73. The fourth-order valence-electron chi connectivity index (χ4n) is 16.8. The topological polar surface area (TPSA) is 403 Å². The number of carboxylic acids is 1. The molecule has 12 N–H and O–H groups in total. The first-order valence-corrected chi connectivity index (χ1v) is 28.7. The number of aliphatic carboxylic acids is 1. The van der Waals surface area contributed by atoms with Crippen LogP contribution in [0.15, 0.2) is 11.6 Å². The molecule has 8 unspecified atom stereocenters. The molecule has 0 radical (unpaired) electrons. The normalized spacial score (nSPS) is 52.7. The number of hydrogen-bond donors (Lipinski definition) is 12. The van der Waals surface area contributed by atoms with Gasteiger partial charge in [-0.1, -0.05) is 46.3 Å². The van der Waals surface area contributed by atoms with Crippen molar-refractivity contribution in [2.24, 2.45) is 50.2 Å². The summed E-state index contributed by atoms with van der Waals surface area (Å²) < 4.78 is 58.2. The van der Waals surface area contributed by atoms with Gasteiger partial charge in [0.2, 0.25) is 12.6 Å². The molecular formula is C56H86O26. The van der Waals surface area contributed by atoms with Crippen molar-refractivity contribution in [2.45, 2.75) is 255 Å². The van der Waals surface area contributed by atoms with Gasteiger partial charge in [0.05, 0.1) is 35.7 Å². The molecule has 4 heterocycles. The van der Waals surface area contributed by atoms with Gasteiger partial charge in [0, 0.05) is 6.92 Å².